The van der Waals surface area contributed by atoms with E-state index in [0.29, 0.717) is 0 Å². The Hall–Kier alpha value is -2.31. The molecule has 0 aromatic heterocycles. The topological polar surface area (TPSA) is 76.0 Å². The highest BCUT2D eigenvalue weighted by molar-refractivity contribution is 6.30. The number of halogens is 2. The van der Waals surface area contributed by atoms with E-state index in [1.54, 1.807) is 0 Å². The number of hydrogen-bond acceptors (Lipinski definition) is 4. The van der Waals surface area contributed by atoms with Crippen LogP contribution >= 0.6 is 11.6 Å². The van der Waals surface area contributed by atoms with Crippen molar-refractivity contribution < 1.29 is 28.9 Å². The van der Waals surface area contributed by atoms with Crippen molar-refractivity contribution in [1.82, 2.24) is 0 Å². The first-order valence-electron chi connectivity index (χ1n) is 6.51. The van der Waals surface area contributed by atoms with E-state index in [1.165, 1.54) is 44.6 Å². The largest absolute Gasteiger partial charge is 0.496 e. The molecule has 0 aliphatic rings. The average Bonchev–Trinajstić information content (AvgIpc) is 2.55. The van der Waals surface area contributed by atoms with Gasteiger partial charge in [-0.1, -0.05) is 23.7 Å². The van der Waals surface area contributed by atoms with Crippen LogP contribution in [0.5, 0.6) is 11.5 Å². The lowest BCUT2D eigenvalue weighted by Gasteiger charge is -2.18. The first-order valence-corrected chi connectivity index (χ1v) is 6.89. The Balaban J connectivity index is 2.63. The van der Waals surface area contributed by atoms with Gasteiger partial charge in [-0.05, 0) is 12.1 Å². The van der Waals surface area contributed by atoms with Crippen molar-refractivity contribution in [2.75, 3.05) is 14.2 Å². The van der Waals surface area contributed by atoms with E-state index in [9.17, 15) is 19.4 Å². The zero-order chi connectivity index (χ0) is 17.1. The van der Waals surface area contributed by atoms with Crippen LogP contribution in [0.25, 0.3) is 0 Å². The van der Waals surface area contributed by atoms with Crippen LogP contribution in [0.2, 0.25) is 5.02 Å². The zero-order valence-corrected chi connectivity index (χ0v) is 13.1. The summed E-state index contributed by atoms with van der Waals surface area (Å²) < 4.78 is 24.2. The van der Waals surface area contributed by atoms with E-state index in [4.69, 9.17) is 21.1 Å². The molecule has 122 valence electrons. The lowest BCUT2D eigenvalue weighted by atomic mass is 9.97. The number of rotatable bonds is 5. The van der Waals surface area contributed by atoms with E-state index in [1.807, 2.05) is 0 Å². The highest BCUT2D eigenvalue weighted by Crippen LogP contribution is 2.37. The molecule has 2 N–H and O–H groups in total. The molecule has 0 radical (unpaired) electrons. The summed E-state index contributed by atoms with van der Waals surface area (Å²) in [5, 5.41) is 19.6. The number of ether oxygens (including phenoxy) is 2. The van der Waals surface area contributed by atoms with Crippen LogP contribution in [0, 0.1) is 5.82 Å². The smallest absolute Gasteiger partial charge is 0.339 e. The van der Waals surface area contributed by atoms with Gasteiger partial charge >= 0.3 is 5.97 Å². The normalized spacial score (nSPS) is 11.9. The molecule has 1 atom stereocenters. The minimum Gasteiger partial charge on any atom is -0.496 e. The number of benzene rings is 2. The summed E-state index contributed by atoms with van der Waals surface area (Å²) in [5.74, 6) is -1.79. The minimum absolute atomic E-state index is 0.0665. The number of aromatic carboxylic acids is 1. The van der Waals surface area contributed by atoms with Crippen LogP contribution in [0.3, 0.4) is 0 Å². The molecule has 23 heavy (non-hydrogen) atoms. The third-order valence-electron chi connectivity index (χ3n) is 3.35. The Kier molecular flexibility index (Phi) is 5.08. The van der Waals surface area contributed by atoms with Crippen molar-refractivity contribution in [3.63, 3.8) is 0 Å². The Labute approximate surface area is 136 Å². The minimum atomic E-state index is -1.45. The second-order valence-electron chi connectivity index (χ2n) is 4.65. The van der Waals surface area contributed by atoms with Gasteiger partial charge in [0.05, 0.1) is 19.2 Å². The van der Waals surface area contributed by atoms with Gasteiger partial charge in [-0.3, -0.25) is 0 Å². The van der Waals surface area contributed by atoms with Gasteiger partial charge in [-0.25, -0.2) is 9.18 Å². The molecule has 0 bridgehead atoms. The predicted octanol–water partition coefficient (Wildman–Crippen LogP) is 3.28. The van der Waals surface area contributed by atoms with Gasteiger partial charge < -0.3 is 19.7 Å². The van der Waals surface area contributed by atoms with Crippen LogP contribution < -0.4 is 9.47 Å². The Morgan fingerprint density at radius 1 is 1.17 bits per heavy atom. The molecule has 0 fully saturated rings. The number of aliphatic hydroxyl groups excluding tert-OH is 1. The van der Waals surface area contributed by atoms with Crippen LogP contribution in [0.15, 0.2) is 30.3 Å². The van der Waals surface area contributed by atoms with Crippen molar-refractivity contribution in [1.29, 1.82) is 0 Å². The first kappa shape index (κ1) is 17.1. The lowest BCUT2D eigenvalue weighted by molar-refractivity contribution is 0.0693. The maximum absolute atomic E-state index is 14.1. The molecular formula is C16H14ClFO5. The highest BCUT2D eigenvalue weighted by atomic mass is 35.5. The molecule has 0 amide bonds. The molecule has 2 aromatic rings. The van der Waals surface area contributed by atoms with Crippen LogP contribution in [0.1, 0.15) is 27.6 Å². The molecule has 2 rings (SSSR count). The van der Waals surface area contributed by atoms with Crippen molar-refractivity contribution in [2.45, 2.75) is 6.10 Å². The van der Waals surface area contributed by atoms with E-state index < -0.39 is 17.9 Å². The van der Waals surface area contributed by atoms with Crippen molar-refractivity contribution in [2.24, 2.45) is 0 Å². The lowest BCUT2D eigenvalue weighted by Crippen LogP contribution is -2.09. The third-order valence-corrected chi connectivity index (χ3v) is 3.64. The molecule has 0 heterocycles. The summed E-state index contributed by atoms with van der Waals surface area (Å²) in [6, 6.07) is 6.70. The Morgan fingerprint density at radius 2 is 1.83 bits per heavy atom. The molecule has 0 spiro atoms. The number of carboxylic acid groups (broad SMARTS) is 1. The fourth-order valence-electron chi connectivity index (χ4n) is 2.20. The highest BCUT2D eigenvalue weighted by Gasteiger charge is 2.24. The second kappa shape index (κ2) is 6.85. The monoisotopic (exact) mass is 340 g/mol. The quantitative estimate of drug-likeness (QED) is 0.873. The molecule has 0 unspecified atom stereocenters. The molecule has 2 aromatic carbocycles. The summed E-state index contributed by atoms with van der Waals surface area (Å²) in [7, 11) is 2.66. The number of methoxy groups -OCH3 is 2. The number of aliphatic hydroxyl groups is 1. The van der Waals surface area contributed by atoms with Crippen LogP contribution in [-0.2, 0) is 0 Å². The second-order valence-corrected chi connectivity index (χ2v) is 5.05. The number of hydrogen-bond donors (Lipinski definition) is 2. The van der Waals surface area contributed by atoms with Gasteiger partial charge in [0.15, 0.2) is 0 Å². The van der Waals surface area contributed by atoms with E-state index in [0.717, 1.165) is 0 Å². The van der Waals surface area contributed by atoms with Crippen LogP contribution in [0.4, 0.5) is 4.39 Å². The van der Waals surface area contributed by atoms with Gasteiger partial charge in [-0.15, -0.1) is 0 Å². The summed E-state index contributed by atoms with van der Waals surface area (Å²) in [5.41, 5.74) is -0.172. The number of carbonyl (C=O) groups is 1. The van der Waals surface area contributed by atoms with E-state index >= 15 is 0 Å². The van der Waals surface area contributed by atoms with Crippen LogP contribution in [-0.4, -0.2) is 30.4 Å². The van der Waals surface area contributed by atoms with Crippen molar-refractivity contribution in [3.05, 3.63) is 57.9 Å². The molecule has 0 saturated heterocycles. The maximum atomic E-state index is 14.1. The van der Waals surface area contributed by atoms with Crippen molar-refractivity contribution in [3.8, 4) is 11.5 Å². The third kappa shape index (κ3) is 3.23. The molecule has 0 aliphatic heterocycles. The fourth-order valence-corrected chi connectivity index (χ4v) is 2.39. The molecule has 5 nitrogen and oxygen atoms in total. The molecule has 0 saturated carbocycles. The first-order chi connectivity index (χ1) is 10.9. The predicted molar refractivity (Wildman–Crippen MR) is 82.0 cm³/mol. The Bertz CT molecular complexity index is 747. The van der Waals surface area contributed by atoms with E-state index in [2.05, 4.69) is 0 Å². The summed E-state index contributed by atoms with van der Waals surface area (Å²) in [6.45, 7) is 0. The Morgan fingerprint density at radius 3 is 2.39 bits per heavy atom. The molecular weight excluding hydrogens is 327 g/mol. The average molecular weight is 341 g/mol. The van der Waals surface area contributed by atoms with Crippen molar-refractivity contribution >= 4 is 17.6 Å². The van der Waals surface area contributed by atoms with Gasteiger partial charge in [0.25, 0.3) is 0 Å². The zero-order valence-electron chi connectivity index (χ0n) is 12.3. The van der Waals surface area contributed by atoms with Gasteiger partial charge in [0, 0.05) is 17.2 Å². The number of carboxylic acids is 1. The molecule has 0 aliphatic carbocycles. The van der Waals surface area contributed by atoms with E-state index in [-0.39, 0.29) is 33.2 Å². The van der Waals surface area contributed by atoms with Gasteiger partial charge in [0.2, 0.25) is 0 Å². The van der Waals surface area contributed by atoms with Gasteiger partial charge in [-0.2, -0.15) is 0 Å². The molecule has 7 heteroatoms. The summed E-state index contributed by atoms with van der Waals surface area (Å²) >= 11 is 5.72. The summed E-state index contributed by atoms with van der Waals surface area (Å²) in [4.78, 5) is 11.3. The fraction of sp³-hybridized carbons (Fsp3) is 0.188. The summed E-state index contributed by atoms with van der Waals surface area (Å²) in [6.07, 6.45) is -1.45. The SMILES string of the molecule is COc1cc(OC)c([C@H](O)c2cccc(Cl)c2F)cc1C(=O)O. The standard InChI is InChI=1S/C16H14ClFO5/c1-22-12-7-13(23-2)10(16(20)21)6-9(12)15(19)8-4-3-5-11(17)14(8)18/h3-7,15,19H,1-2H3,(H,20,21)/t15-/m1/s1. The maximum Gasteiger partial charge on any atom is 0.339 e. The van der Waals surface area contributed by atoms with Gasteiger partial charge in [0.1, 0.15) is 29.0 Å².